The predicted octanol–water partition coefficient (Wildman–Crippen LogP) is 3.19. The van der Waals surface area contributed by atoms with Gasteiger partial charge in [0.1, 0.15) is 0 Å². The molecule has 1 aromatic heterocycles. The Hall–Kier alpha value is -2.24. The van der Waals surface area contributed by atoms with Gasteiger partial charge in [0.25, 0.3) is 5.91 Å². The van der Waals surface area contributed by atoms with E-state index in [-0.39, 0.29) is 17.4 Å². The van der Waals surface area contributed by atoms with Crippen LogP contribution >= 0.6 is 0 Å². The Morgan fingerprint density at radius 3 is 2.72 bits per heavy atom. The van der Waals surface area contributed by atoms with E-state index in [0.717, 1.165) is 62.3 Å². The van der Waals surface area contributed by atoms with Crippen molar-refractivity contribution in [2.75, 3.05) is 26.2 Å². The highest BCUT2D eigenvalue weighted by Crippen LogP contribution is 2.39. The molecule has 0 saturated carbocycles. The smallest absolute Gasteiger partial charge is 0.253 e. The van der Waals surface area contributed by atoms with Gasteiger partial charge in [-0.05, 0) is 56.9 Å². The summed E-state index contributed by atoms with van der Waals surface area (Å²) in [5, 5.41) is 10.9. The number of carbonyl (C=O) groups excluding carboxylic acids is 1. The van der Waals surface area contributed by atoms with Crippen molar-refractivity contribution in [3.05, 3.63) is 65.0 Å². The van der Waals surface area contributed by atoms with Crippen LogP contribution in [0.5, 0.6) is 0 Å². The van der Waals surface area contributed by atoms with Gasteiger partial charge in [0.05, 0.1) is 11.8 Å². The second-order valence-electron chi connectivity index (χ2n) is 8.84. The third-order valence-corrected chi connectivity index (χ3v) is 6.65. The molecule has 5 heteroatoms. The van der Waals surface area contributed by atoms with E-state index in [0.29, 0.717) is 6.54 Å². The van der Waals surface area contributed by atoms with Gasteiger partial charge in [-0.3, -0.25) is 14.7 Å². The zero-order valence-corrected chi connectivity index (χ0v) is 17.5. The molecule has 1 spiro atoms. The van der Waals surface area contributed by atoms with Crippen LogP contribution < -0.4 is 0 Å². The number of amides is 1. The number of aliphatic hydroxyl groups excluding tert-OH is 1. The van der Waals surface area contributed by atoms with Gasteiger partial charge in [-0.1, -0.05) is 23.8 Å². The molecule has 2 aromatic rings. The number of pyridine rings is 1. The van der Waals surface area contributed by atoms with E-state index in [2.05, 4.69) is 22.9 Å². The quantitative estimate of drug-likeness (QED) is 0.870. The molecule has 2 saturated heterocycles. The molecule has 1 aromatic carbocycles. The van der Waals surface area contributed by atoms with Gasteiger partial charge in [0.2, 0.25) is 0 Å². The minimum atomic E-state index is -0.364. The number of rotatable bonds is 3. The van der Waals surface area contributed by atoms with Crippen molar-refractivity contribution in [1.82, 2.24) is 14.8 Å². The molecular weight excluding hydrogens is 362 g/mol. The molecule has 0 bridgehead atoms. The highest BCUT2D eigenvalue weighted by molar-refractivity contribution is 5.94. The molecule has 0 radical (unpaired) electrons. The van der Waals surface area contributed by atoms with Crippen LogP contribution in [0, 0.1) is 19.3 Å². The molecule has 2 aliphatic heterocycles. The summed E-state index contributed by atoms with van der Waals surface area (Å²) in [6.07, 6.45) is 4.13. The molecule has 5 nitrogen and oxygen atoms in total. The summed E-state index contributed by atoms with van der Waals surface area (Å²) in [4.78, 5) is 22.0. The van der Waals surface area contributed by atoms with Gasteiger partial charge in [-0.2, -0.15) is 0 Å². The van der Waals surface area contributed by atoms with E-state index in [9.17, 15) is 9.90 Å². The summed E-state index contributed by atoms with van der Waals surface area (Å²) in [6, 6.07) is 11.9. The van der Waals surface area contributed by atoms with Gasteiger partial charge in [-0.25, -0.2) is 0 Å². The standard InChI is InChI=1S/C24H31N3O2/c1-18-6-8-20(9-7-18)23(29)27-13-4-11-24(17-27)16-26(14-10-22(24)28)15-21-19(2)5-3-12-25-21/h3,5-9,12,22,28H,4,10-11,13-17H2,1-2H3/t22-,24-/m1/s1. The number of hydrogen-bond acceptors (Lipinski definition) is 4. The molecule has 1 N–H and O–H groups in total. The van der Waals surface area contributed by atoms with Crippen molar-refractivity contribution >= 4 is 5.91 Å². The van der Waals surface area contributed by atoms with Crippen molar-refractivity contribution in [1.29, 1.82) is 0 Å². The lowest BCUT2D eigenvalue weighted by molar-refractivity contribution is -0.0808. The van der Waals surface area contributed by atoms with Crippen molar-refractivity contribution in [2.45, 2.75) is 45.8 Å². The molecule has 4 rings (SSSR count). The average Bonchev–Trinajstić information content (AvgIpc) is 2.73. The summed E-state index contributed by atoms with van der Waals surface area (Å²) in [6.45, 7) is 7.98. The summed E-state index contributed by atoms with van der Waals surface area (Å²) >= 11 is 0. The van der Waals surface area contributed by atoms with Crippen LogP contribution in [0.15, 0.2) is 42.6 Å². The van der Waals surface area contributed by atoms with Crippen molar-refractivity contribution in [3.63, 3.8) is 0 Å². The second-order valence-corrected chi connectivity index (χ2v) is 8.84. The first kappa shape index (κ1) is 20.0. The maximum atomic E-state index is 13.1. The number of aryl methyl sites for hydroxylation is 2. The second kappa shape index (κ2) is 8.25. The number of nitrogens with zero attached hydrogens (tertiary/aromatic N) is 3. The van der Waals surface area contributed by atoms with Gasteiger partial charge in [0, 0.05) is 49.9 Å². The lowest BCUT2D eigenvalue weighted by atomic mass is 9.71. The monoisotopic (exact) mass is 393 g/mol. The maximum Gasteiger partial charge on any atom is 0.253 e. The summed E-state index contributed by atoms with van der Waals surface area (Å²) in [5.41, 5.74) is 3.94. The van der Waals surface area contributed by atoms with Crippen LogP contribution in [-0.4, -0.2) is 58.1 Å². The first-order valence-electron chi connectivity index (χ1n) is 10.6. The fourth-order valence-electron chi connectivity index (χ4n) is 4.88. The Kier molecular flexibility index (Phi) is 5.70. The zero-order valence-electron chi connectivity index (χ0n) is 17.5. The number of carbonyl (C=O) groups is 1. The fourth-order valence-corrected chi connectivity index (χ4v) is 4.88. The summed E-state index contributed by atoms with van der Waals surface area (Å²) in [5.74, 6) is 0.0777. The third kappa shape index (κ3) is 4.21. The number of aliphatic hydroxyl groups is 1. The van der Waals surface area contributed by atoms with E-state index >= 15 is 0 Å². The van der Waals surface area contributed by atoms with E-state index < -0.39 is 0 Å². The van der Waals surface area contributed by atoms with Crippen LogP contribution in [0.3, 0.4) is 0 Å². The zero-order chi connectivity index (χ0) is 20.4. The van der Waals surface area contributed by atoms with E-state index in [1.165, 1.54) is 5.56 Å². The Balaban J connectivity index is 1.49. The first-order chi connectivity index (χ1) is 14.0. The van der Waals surface area contributed by atoms with E-state index in [1.54, 1.807) is 0 Å². The number of hydrogen-bond donors (Lipinski definition) is 1. The fraction of sp³-hybridized carbons (Fsp3) is 0.500. The van der Waals surface area contributed by atoms with Crippen LogP contribution in [0.2, 0.25) is 0 Å². The van der Waals surface area contributed by atoms with Gasteiger partial charge in [0.15, 0.2) is 0 Å². The molecule has 2 atom stereocenters. The molecule has 0 aliphatic carbocycles. The maximum absolute atomic E-state index is 13.1. The largest absolute Gasteiger partial charge is 0.392 e. The topological polar surface area (TPSA) is 56.7 Å². The SMILES string of the molecule is Cc1ccc(C(=O)N2CCC[C@@]3(CN(Cc4ncccc4C)CC[C@H]3O)C2)cc1. The van der Waals surface area contributed by atoms with Crippen molar-refractivity contribution in [3.8, 4) is 0 Å². The number of likely N-dealkylation sites (tertiary alicyclic amines) is 2. The van der Waals surface area contributed by atoms with Crippen LogP contribution in [0.1, 0.15) is 46.4 Å². The van der Waals surface area contributed by atoms with Gasteiger partial charge >= 0.3 is 0 Å². The molecular formula is C24H31N3O2. The highest BCUT2D eigenvalue weighted by Gasteiger charge is 2.46. The molecule has 0 unspecified atom stereocenters. The molecule has 2 fully saturated rings. The Morgan fingerprint density at radius 1 is 1.17 bits per heavy atom. The third-order valence-electron chi connectivity index (χ3n) is 6.65. The molecule has 3 heterocycles. The van der Waals surface area contributed by atoms with Crippen molar-refractivity contribution < 1.29 is 9.90 Å². The summed E-state index contributed by atoms with van der Waals surface area (Å²) in [7, 11) is 0. The van der Waals surface area contributed by atoms with Crippen LogP contribution in [0.4, 0.5) is 0 Å². The molecule has 29 heavy (non-hydrogen) atoms. The van der Waals surface area contributed by atoms with Gasteiger partial charge in [-0.15, -0.1) is 0 Å². The van der Waals surface area contributed by atoms with Gasteiger partial charge < -0.3 is 10.0 Å². The summed E-state index contributed by atoms with van der Waals surface area (Å²) < 4.78 is 0. The number of aromatic nitrogens is 1. The minimum absolute atomic E-state index is 0.0777. The first-order valence-corrected chi connectivity index (χ1v) is 10.6. The van der Waals surface area contributed by atoms with Crippen LogP contribution in [0.25, 0.3) is 0 Å². The van der Waals surface area contributed by atoms with Crippen LogP contribution in [-0.2, 0) is 6.54 Å². The normalized spacial score (nSPS) is 25.3. The predicted molar refractivity (Wildman–Crippen MR) is 114 cm³/mol. The highest BCUT2D eigenvalue weighted by atomic mass is 16.3. The van der Waals surface area contributed by atoms with E-state index in [1.807, 2.05) is 48.4 Å². The number of benzene rings is 1. The van der Waals surface area contributed by atoms with E-state index in [4.69, 9.17) is 0 Å². The Labute approximate surface area is 173 Å². The lowest BCUT2D eigenvalue weighted by Crippen LogP contribution is -2.59. The molecule has 1 amide bonds. The number of piperidine rings is 2. The lowest BCUT2D eigenvalue weighted by Gasteiger charge is -2.51. The average molecular weight is 394 g/mol. The Morgan fingerprint density at radius 2 is 1.97 bits per heavy atom. The molecule has 154 valence electrons. The Bertz CT molecular complexity index is 867. The molecule has 2 aliphatic rings. The van der Waals surface area contributed by atoms with Crippen molar-refractivity contribution in [2.24, 2.45) is 5.41 Å². The minimum Gasteiger partial charge on any atom is -0.392 e.